The second kappa shape index (κ2) is 3.51. The zero-order chi connectivity index (χ0) is 12.8. The molecule has 3 nitrogen and oxygen atoms in total. The highest BCUT2D eigenvalue weighted by Crippen LogP contribution is 2.34. The van der Waals surface area contributed by atoms with Crippen LogP contribution >= 0.6 is 0 Å². The van der Waals surface area contributed by atoms with Gasteiger partial charge in [0.25, 0.3) is 0 Å². The molecular formula is C11H9F3N2O. The summed E-state index contributed by atoms with van der Waals surface area (Å²) in [6.45, 7) is 1.41. The first-order valence-electron chi connectivity index (χ1n) is 4.81. The molecule has 0 saturated carbocycles. The number of pyridine rings is 1. The lowest BCUT2D eigenvalue weighted by Crippen LogP contribution is -2.33. The highest BCUT2D eigenvalue weighted by atomic mass is 19.4. The Labute approximate surface area is 94.9 Å². The minimum absolute atomic E-state index is 0.112. The van der Waals surface area contributed by atoms with Gasteiger partial charge < -0.3 is 10.9 Å². The van der Waals surface area contributed by atoms with Gasteiger partial charge in [0.1, 0.15) is 5.56 Å². The average molecular weight is 242 g/mol. The Morgan fingerprint density at radius 1 is 1.29 bits per heavy atom. The van der Waals surface area contributed by atoms with Crippen LogP contribution in [-0.2, 0) is 6.18 Å². The Hall–Kier alpha value is -1.98. The summed E-state index contributed by atoms with van der Waals surface area (Å²) >= 11 is 0. The van der Waals surface area contributed by atoms with Crippen molar-refractivity contribution in [3.05, 3.63) is 40.7 Å². The predicted molar refractivity (Wildman–Crippen MR) is 57.1 cm³/mol. The van der Waals surface area contributed by atoms with Gasteiger partial charge in [0.2, 0.25) is 5.52 Å². The number of anilines is 1. The number of alkyl halides is 3. The van der Waals surface area contributed by atoms with Gasteiger partial charge in [0.05, 0.1) is 11.1 Å². The molecule has 2 aromatic rings. The van der Waals surface area contributed by atoms with Crippen LogP contribution in [0, 0.1) is 12.1 Å². The van der Waals surface area contributed by atoms with Crippen molar-refractivity contribution >= 4 is 16.6 Å². The van der Waals surface area contributed by atoms with Crippen molar-refractivity contribution in [3.63, 3.8) is 0 Å². The summed E-state index contributed by atoms with van der Waals surface area (Å²) < 4.78 is 38.6. The fourth-order valence-electron chi connectivity index (χ4n) is 1.76. The SMILES string of the molecule is Cc1cc(N)c2cccc(C(F)(F)F)c2[n+]1[O-]. The van der Waals surface area contributed by atoms with Crippen LogP contribution in [0.1, 0.15) is 11.3 Å². The summed E-state index contributed by atoms with van der Waals surface area (Å²) in [5.41, 5.74) is 4.51. The van der Waals surface area contributed by atoms with Crippen molar-refractivity contribution in [2.24, 2.45) is 0 Å². The van der Waals surface area contributed by atoms with Crippen molar-refractivity contribution in [3.8, 4) is 0 Å². The van der Waals surface area contributed by atoms with E-state index >= 15 is 0 Å². The molecule has 0 atom stereocenters. The second-order valence-corrected chi connectivity index (χ2v) is 3.73. The minimum Gasteiger partial charge on any atom is -0.618 e. The van der Waals surface area contributed by atoms with Gasteiger partial charge in [-0.1, -0.05) is 6.07 Å². The van der Waals surface area contributed by atoms with Gasteiger partial charge in [-0.2, -0.15) is 17.9 Å². The monoisotopic (exact) mass is 242 g/mol. The first-order chi connectivity index (χ1) is 7.82. The molecule has 2 rings (SSSR count). The van der Waals surface area contributed by atoms with Gasteiger partial charge >= 0.3 is 6.18 Å². The molecule has 0 aliphatic rings. The van der Waals surface area contributed by atoms with Crippen LogP contribution in [-0.4, -0.2) is 0 Å². The number of nitrogen functional groups attached to an aromatic ring is 1. The molecule has 0 unspecified atom stereocenters. The van der Waals surface area contributed by atoms with E-state index in [9.17, 15) is 18.4 Å². The van der Waals surface area contributed by atoms with Crippen molar-refractivity contribution in [1.82, 2.24) is 0 Å². The molecule has 0 spiro atoms. The maximum Gasteiger partial charge on any atom is 0.422 e. The van der Waals surface area contributed by atoms with E-state index in [0.717, 1.165) is 6.07 Å². The van der Waals surface area contributed by atoms with Crippen molar-refractivity contribution in [1.29, 1.82) is 0 Å². The lowest BCUT2D eigenvalue weighted by atomic mass is 10.1. The Morgan fingerprint density at radius 3 is 2.53 bits per heavy atom. The van der Waals surface area contributed by atoms with Crippen LogP contribution < -0.4 is 10.5 Å². The molecule has 1 aromatic carbocycles. The number of nitrogens with two attached hydrogens (primary N) is 1. The lowest BCUT2D eigenvalue weighted by molar-refractivity contribution is -0.584. The summed E-state index contributed by atoms with van der Waals surface area (Å²) in [6.07, 6.45) is -4.58. The highest BCUT2D eigenvalue weighted by molar-refractivity contribution is 5.90. The standard InChI is InChI=1S/C11H9F3N2O/c1-6-5-9(15)7-3-2-4-8(11(12,13)14)10(7)16(6)17/h2-5H,15H2,1H3. The van der Waals surface area contributed by atoms with Crippen LogP contribution in [0.25, 0.3) is 10.9 Å². The van der Waals surface area contributed by atoms with Crippen molar-refractivity contribution < 1.29 is 17.9 Å². The van der Waals surface area contributed by atoms with Crippen molar-refractivity contribution in [2.45, 2.75) is 13.1 Å². The maximum absolute atomic E-state index is 12.8. The zero-order valence-corrected chi connectivity index (χ0v) is 8.88. The maximum atomic E-state index is 12.8. The first kappa shape index (κ1) is 11.5. The molecule has 0 fully saturated rings. The first-order valence-corrected chi connectivity index (χ1v) is 4.81. The van der Waals surface area contributed by atoms with Crippen molar-refractivity contribution in [2.75, 3.05) is 5.73 Å². The van der Waals surface area contributed by atoms with Crippen LogP contribution in [0.3, 0.4) is 0 Å². The number of halogens is 3. The fourth-order valence-corrected chi connectivity index (χ4v) is 1.76. The van der Waals surface area contributed by atoms with Crippen LogP contribution in [0.15, 0.2) is 24.3 Å². The normalized spacial score (nSPS) is 12.0. The minimum atomic E-state index is -4.58. The van der Waals surface area contributed by atoms with E-state index in [0.29, 0.717) is 0 Å². The smallest absolute Gasteiger partial charge is 0.422 e. The molecule has 0 saturated heterocycles. The Balaban J connectivity index is 2.98. The Morgan fingerprint density at radius 2 is 1.94 bits per heavy atom. The molecule has 2 N–H and O–H groups in total. The molecule has 0 aliphatic heterocycles. The molecule has 90 valence electrons. The molecular weight excluding hydrogens is 233 g/mol. The number of rotatable bonds is 0. The van der Waals surface area contributed by atoms with Gasteiger partial charge in [-0.15, -0.1) is 0 Å². The zero-order valence-electron chi connectivity index (χ0n) is 8.88. The van der Waals surface area contributed by atoms with Crippen LogP contribution in [0.2, 0.25) is 0 Å². The van der Waals surface area contributed by atoms with E-state index in [1.807, 2.05) is 0 Å². The average Bonchev–Trinajstić information content (AvgIpc) is 2.24. The number of fused-ring (bicyclic) bond motifs is 1. The number of aromatic nitrogens is 1. The third-order valence-corrected chi connectivity index (χ3v) is 2.54. The third kappa shape index (κ3) is 1.75. The summed E-state index contributed by atoms with van der Waals surface area (Å²) in [6, 6.07) is 4.86. The number of hydrogen-bond donors (Lipinski definition) is 1. The molecule has 0 bridgehead atoms. The molecule has 0 radical (unpaired) electrons. The largest absolute Gasteiger partial charge is 0.618 e. The fraction of sp³-hybridized carbons (Fsp3) is 0.182. The van der Waals surface area contributed by atoms with E-state index in [2.05, 4.69) is 0 Å². The number of benzene rings is 1. The van der Waals surface area contributed by atoms with E-state index < -0.39 is 17.3 Å². The second-order valence-electron chi connectivity index (χ2n) is 3.73. The third-order valence-electron chi connectivity index (χ3n) is 2.54. The number of nitrogens with zero attached hydrogens (tertiary/aromatic N) is 1. The van der Waals surface area contributed by atoms with Gasteiger partial charge in [0.15, 0.2) is 5.69 Å². The van der Waals surface area contributed by atoms with Gasteiger partial charge in [-0.3, -0.25) is 0 Å². The molecule has 17 heavy (non-hydrogen) atoms. The lowest BCUT2D eigenvalue weighted by Gasteiger charge is -2.12. The summed E-state index contributed by atoms with van der Waals surface area (Å²) in [7, 11) is 0. The predicted octanol–water partition coefficient (Wildman–Crippen LogP) is 2.38. The van der Waals surface area contributed by atoms with E-state index in [4.69, 9.17) is 5.73 Å². The molecule has 1 heterocycles. The Bertz CT molecular complexity index is 593. The number of para-hydroxylation sites is 1. The highest BCUT2D eigenvalue weighted by Gasteiger charge is 2.36. The molecule has 1 aromatic heterocycles. The molecule has 0 aliphatic carbocycles. The summed E-state index contributed by atoms with van der Waals surface area (Å²) in [4.78, 5) is 0. The Kier molecular flexibility index (Phi) is 2.38. The molecule has 0 amide bonds. The summed E-state index contributed by atoms with van der Waals surface area (Å²) in [5.74, 6) is 0. The van der Waals surface area contributed by atoms with Gasteiger partial charge in [-0.25, -0.2) is 0 Å². The van der Waals surface area contributed by atoms with Crippen LogP contribution in [0.5, 0.6) is 0 Å². The van der Waals surface area contributed by atoms with Gasteiger partial charge in [0, 0.05) is 13.0 Å². The van der Waals surface area contributed by atoms with E-state index in [-0.39, 0.29) is 21.5 Å². The molecule has 6 heteroatoms. The van der Waals surface area contributed by atoms with E-state index in [1.54, 1.807) is 0 Å². The van der Waals surface area contributed by atoms with E-state index in [1.165, 1.54) is 25.1 Å². The quantitative estimate of drug-likeness (QED) is 0.569. The number of aryl methyl sites for hydroxylation is 1. The summed E-state index contributed by atoms with van der Waals surface area (Å²) in [5, 5.41) is 11.8. The van der Waals surface area contributed by atoms with Crippen LogP contribution in [0.4, 0.5) is 18.9 Å². The van der Waals surface area contributed by atoms with Gasteiger partial charge in [-0.05, 0) is 12.1 Å². The topological polar surface area (TPSA) is 53.0 Å². The number of hydrogen-bond acceptors (Lipinski definition) is 2.